The molecular formula is C14H17N3O. The molecule has 4 heteroatoms. The molecule has 2 fully saturated rings. The van der Waals surface area contributed by atoms with Gasteiger partial charge in [0, 0.05) is 25.2 Å². The van der Waals surface area contributed by atoms with E-state index in [-0.39, 0.29) is 5.92 Å². The Bertz CT molecular complexity index is 489. The van der Waals surface area contributed by atoms with Gasteiger partial charge in [-0.25, -0.2) is 4.98 Å². The Morgan fingerprint density at radius 1 is 1.50 bits per heavy atom. The lowest BCUT2D eigenvalue weighted by Crippen LogP contribution is -2.39. The maximum atomic E-state index is 10.7. The molecule has 4 nitrogen and oxygen atoms in total. The molecule has 0 spiro atoms. The smallest absolute Gasteiger partial charge is 0.128 e. The normalized spacial score (nSPS) is 31.4. The monoisotopic (exact) mass is 243 g/mol. The molecule has 2 atom stereocenters. The van der Waals surface area contributed by atoms with Crippen LogP contribution in [0.15, 0.2) is 18.3 Å². The third-order valence-electron chi connectivity index (χ3n) is 4.28. The van der Waals surface area contributed by atoms with Crippen molar-refractivity contribution in [1.29, 1.82) is 5.26 Å². The third-order valence-corrected chi connectivity index (χ3v) is 4.28. The van der Waals surface area contributed by atoms with Crippen LogP contribution in [0.3, 0.4) is 0 Å². The highest BCUT2D eigenvalue weighted by atomic mass is 16.3. The van der Waals surface area contributed by atoms with Crippen molar-refractivity contribution in [3.8, 4) is 6.07 Å². The highest BCUT2D eigenvalue weighted by Gasteiger charge is 2.52. The number of hydrogen-bond donors (Lipinski definition) is 1. The molecule has 0 aromatic carbocycles. The van der Waals surface area contributed by atoms with Crippen LogP contribution in [0.25, 0.3) is 0 Å². The Kier molecular flexibility index (Phi) is 2.53. The quantitative estimate of drug-likeness (QED) is 0.856. The number of aromatic nitrogens is 1. The first kappa shape index (κ1) is 11.5. The molecule has 18 heavy (non-hydrogen) atoms. The number of hydrogen-bond acceptors (Lipinski definition) is 4. The third kappa shape index (κ3) is 1.75. The van der Waals surface area contributed by atoms with E-state index in [1.807, 2.05) is 6.07 Å². The van der Waals surface area contributed by atoms with Gasteiger partial charge < -0.3 is 10.0 Å². The first-order valence-corrected chi connectivity index (χ1v) is 6.47. The number of nitriles is 1. The second-order valence-electron chi connectivity index (χ2n) is 5.56. The zero-order valence-electron chi connectivity index (χ0n) is 10.5. The van der Waals surface area contributed by atoms with Gasteiger partial charge in [-0.05, 0) is 30.9 Å². The summed E-state index contributed by atoms with van der Waals surface area (Å²) in [6.07, 6.45) is 3.89. The highest BCUT2D eigenvalue weighted by Crippen LogP contribution is 2.47. The molecular weight excluding hydrogens is 226 g/mol. The van der Waals surface area contributed by atoms with E-state index in [9.17, 15) is 5.11 Å². The summed E-state index contributed by atoms with van der Waals surface area (Å²) in [5, 5.41) is 19.5. The zero-order chi connectivity index (χ0) is 12.8. The number of aliphatic hydroxyl groups is 1. The molecule has 1 saturated carbocycles. The largest absolute Gasteiger partial charge is 0.387 e. The van der Waals surface area contributed by atoms with E-state index in [0.29, 0.717) is 18.0 Å². The van der Waals surface area contributed by atoms with Gasteiger partial charge in [0.15, 0.2) is 0 Å². The summed E-state index contributed by atoms with van der Waals surface area (Å²) in [6.45, 7) is 3.62. The fourth-order valence-corrected chi connectivity index (χ4v) is 2.94. The lowest BCUT2D eigenvalue weighted by atomic mass is 9.88. The van der Waals surface area contributed by atoms with E-state index in [4.69, 9.17) is 5.26 Å². The molecule has 0 unspecified atom stereocenters. The predicted molar refractivity (Wildman–Crippen MR) is 68.0 cm³/mol. The molecule has 1 aromatic rings. The molecule has 1 saturated heterocycles. The average molecular weight is 243 g/mol. The minimum atomic E-state index is -0.546. The van der Waals surface area contributed by atoms with Gasteiger partial charge in [0.25, 0.3) is 0 Å². The topological polar surface area (TPSA) is 60.2 Å². The maximum Gasteiger partial charge on any atom is 0.128 e. The van der Waals surface area contributed by atoms with Gasteiger partial charge in [-0.1, -0.05) is 6.92 Å². The maximum absolute atomic E-state index is 10.7. The summed E-state index contributed by atoms with van der Waals surface area (Å²) in [5.74, 6) is 1.61. The van der Waals surface area contributed by atoms with E-state index in [1.165, 1.54) is 0 Å². The lowest BCUT2D eigenvalue weighted by Gasteiger charge is -2.26. The van der Waals surface area contributed by atoms with Gasteiger partial charge in [0.05, 0.1) is 11.2 Å². The summed E-state index contributed by atoms with van der Waals surface area (Å²) in [6, 6.07) is 5.71. The summed E-state index contributed by atoms with van der Waals surface area (Å²) >= 11 is 0. The molecule has 1 aromatic heterocycles. The van der Waals surface area contributed by atoms with Crippen molar-refractivity contribution in [2.24, 2.45) is 11.8 Å². The molecule has 0 radical (unpaired) electrons. The number of pyridine rings is 1. The van der Waals surface area contributed by atoms with Gasteiger partial charge >= 0.3 is 0 Å². The Hall–Kier alpha value is -1.60. The van der Waals surface area contributed by atoms with Crippen molar-refractivity contribution in [2.75, 3.05) is 18.0 Å². The Morgan fingerprint density at radius 2 is 2.28 bits per heavy atom. The van der Waals surface area contributed by atoms with Crippen LogP contribution in [0.1, 0.15) is 25.3 Å². The van der Waals surface area contributed by atoms with Gasteiger partial charge in [-0.15, -0.1) is 0 Å². The predicted octanol–water partition coefficient (Wildman–Crippen LogP) is 1.55. The van der Waals surface area contributed by atoms with Crippen molar-refractivity contribution in [2.45, 2.75) is 25.4 Å². The van der Waals surface area contributed by atoms with Gasteiger partial charge in [-0.2, -0.15) is 5.26 Å². The van der Waals surface area contributed by atoms with Crippen molar-refractivity contribution < 1.29 is 5.11 Å². The van der Waals surface area contributed by atoms with Crippen LogP contribution in [-0.4, -0.2) is 28.8 Å². The molecule has 0 amide bonds. The molecule has 0 bridgehead atoms. The molecule has 1 aliphatic heterocycles. The first-order valence-electron chi connectivity index (χ1n) is 6.47. The summed E-state index contributed by atoms with van der Waals surface area (Å²) in [5.41, 5.74) is 0.0266. The Labute approximate surface area is 107 Å². The van der Waals surface area contributed by atoms with E-state index >= 15 is 0 Å². The molecule has 1 N–H and O–H groups in total. The summed E-state index contributed by atoms with van der Waals surface area (Å²) < 4.78 is 0. The number of rotatable bonds is 2. The number of nitrogens with zero attached hydrogens (tertiary/aromatic N) is 3. The minimum Gasteiger partial charge on any atom is -0.387 e. The van der Waals surface area contributed by atoms with Gasteiger partial charge in [-0.3, -0.25) is 0 Å². The highest BCUT2D eigenvalue weighted by molar-refractivity contribution is 5.44. The van der Waals surface area contributed by atoms with Crippen molar-refractivity contribution in [3.05, 3.63) is 23.9 Å². The second kappa shape index (κ2) is 3.96. The standard InChI is InChI=1S/C14H17N3O/c1-10-8-17(9-14(10,18)12-3-4-12)13-5-2-11(6-15)7-16-13/h2,5,7,10,12,18H,3-4,8-9H2,1H3/t10-,14+/m0/s1. The molecule has 1 aliphatic carbocycles. The van der Waals surface area contributed by atoms with Crippen LogP contribution in [0.5, 0.6) is 0 Å². The Morgan fingerprint density at radius 3 is 2.83 bits per heavy atom. The van der Waals surface area contributed by atoms with Crippen LogP contribution in [0.2, 0.25) is 0 Å². The van der Waals surface area contributed by atoms with Crippen LogP contribution in [0.4, 0.5) is 5.82 Å². The number of anilines is 1. The second-order valence-corrected chi connectivity index (χ2v) is 5.56. The van der Waals surface area contributed by atoms with Gasteiger partial charge in [0.2, 0.25) is 0 Å². The van der Waals surface area contributed by atoms with Crippen LogP contribution >= 0.6 is 0 Å². The molecule has 2 heterocycles. The molecule has 94 valence electrons. The van der Waals surface area contributed by atoms with Crippen LogP contribution in [-0.2, 0) is 0 Å². The average Bonchev–Trinajstić information content (AvgIpc) is 3.18. The molecule has 3 rings (SSSR count). The van der Waals surface area contributed by atoms with E-state index in [2.05, 4.69) is 22.9 Å². The van der Waals surface area contributed by atoms with Gasteiger partial charge in [0.1, 0.15) is 11.9 Å². The fraction of sp³-hybridized carbons (Fsp3) is 0.571. The lowest BCUT2D eigenvalue weighted by molar-refractivity contribution is 0.00281. The zero-order valence-corrected chi connectivity index (χ0v) is 10.5. The summed E-state index contributed by atoms with van der Waals surface area (Å²) in [4.78, 5) is 6.43. The first-order chi connectivity index (χ1) is 8.63. The number of β-amino-alcohol motifs (C(OH)–C–C–N with tert-alkyl or cyclic N) is 1. The molecule has 2 aliphatic rings. The summed E-state index contributed by atoms with van der Waals surface area (Å²) in [7, 11) is 0. The van der Waals surface area contributed by atoms with E-state index < -0.39 is 5.60 Å². The van der Waals surface area contributed by atoms with Crippen LogP contribution < -0.4 is 4.90 Å². The van der Waals surface area contributed by atoms with E-state index in [1.54, 1.807) is 12.3 Å². The minimum absolute atomic E-state index is 0.280. The van der Waals surface area contributed by atoms with Crippen molar-refractivity contribution in [3.63, 3.8) is 0 Å². The van der Waals surface area contributed by atoms with E-state index in [0.717, 1.165) is 25.2 Å². The fourth-order valence-electron chi connectivity index (χ4n) is 2.94. The van der Waals surface area contributed by atoms with Crippen molar-refractivity contribution in [1.82, 2.24) is 4.98 Å². The Balaban J connectivity index is 1.80. The van der Waals surface area contributed by atoms with Crippen molar-refractivity contribution >= 4 is 5.82 Å². The van der Waals surface area contributed by atoms with Crippen LogP contribution in [0, 0.1) is 23.2 Å². The SMILES string of the molecule is C[C@H]1CN(c2ccc(C#N)cn2)C[C@]1(O)C1CC1.